The molecule has 0 bridgehead atoms. The van der Waals surface area contributed by atoms with Crippen LogP contribution in [0.3, 0.4) is 0 Å². The molecule has 8 heteroatoms. The number of anilines is 2. The third-order valence-electron chi connectivity index (χ3n) is 4.36. The van der Waals surface area contributed by atoms with Gasteiger partial charge in [-0.3, -0.25) is 14.5 Å². The highest BCUT2D eigenvalue weighted by Gasteiger charge is 2.23. The number of nitrogens with one attached hydrogen (secondary N) is 2. The van der Waals surface area contributed by atoms with Gasteiger partial charge < -0.3 is 20.6 Å². The highest BCUT2D eigenvalue weighted by molar-refractivity contribution is 5.98. The van der Waals surface area contributed by atoms with Crippen LogP contribution in [0, 0.1) is 0 Å². The van der Waals surface area contributed by atoms with E-state index in [4.69, 9.17) is 0 Å². The van der Waals surface area contributed by atoms with Crippen molar-refractivity contribution in [2.75, 3.05) is 42.9 Å². The number of nitrogens with zero attached hydrogens (tertiary/aromatic N) is 2. The van der Waals surface area contributed by atoms with Gasteiger partial charge in [0.05, 0.1) is 17.8 Å². The van der Waals surface area contributed by atoms with Gasteiger partial charge in [-0.05, 0) is 32.0 Å². The standard InChI is InChI=1S/C19H28N4O4/c1-4-17(24)21-14-5-6-16(15(11-14)19(26)27)23-9-7-22(8-10-23)12-18(25)20-13(2)3/h5-6,11,13H,4,7-10,12H2,1-3H3,(H,20,25)(H,21,24)(H,26,27). The summed E-state index contributed by atoms with van der Waals surface area (Å²) in [6.07, 6.45) is 0.330. The van der Waals surface area contributed by atoms with E-state index in [0.717, 1.165) is 0 Å². The number of carboxylic acid groups (broad SMARTS) is 1. The lowest BCUT2D eigenvalue weighted by molar-refractivity contribution is -0.122. The van der Waals surface area contributed by atoms with Crippen molar-refractivity contribution in [3.63, 3.8) is 0 Å². The predicted molar refractivity (Wildman–Crippen MR) is 104 cm³/mol. The number of hydrogen-bond acceptors (Lipinski definition) is 5. The van der Waals surface area contributed by atoms with Crippen molar-refractivity contribution in [3.8, 4) is 0 Å². The molecular weight excluding hydrogens is 348 g/mol. The summed E-state index contributed by atoms with van der Waals surface area (Å²) < 4.78 is 0. The van der Waals surface area contributed by atoms with Crippen LogP contribution in [0.15, 0.2) is 18.2 Å². The number of benzene rings is 1. The summed E-state index contributed by atoms with van der Waals surface area (Å²) in [6, 6.07) is 5.06. The molecule has 1 aromatic rings. The summed E-state index contributed by atoms with van der Waals surface area (Å²) in [5.41, 5.74) is 1.27. The first-order chi connectivity index (χ1) is 12.8. The number of rotatable bonds is 7. The highest BCUT2D eigenvalue weighted by Crippen LogP contribution is 2.26. The van der Waals surface area contributed by atoms with E-state index in [1.165, 1.54) is 6.07 Å². The molecule has 8 nitrogen and oxygen atoms in total. The number of carbonyl (C=O) groups is 3. The zero-order valence-corrected chi connectivity index (χ0v) is 16.1. The van der Waals surface area contributed by atoms with Crippen LogP contribution in [-0.4, -0.2) is 66.6 Å². The molecule has 1 fully saturated rings. The van der Waals surface area contributed by atoms with Crippen LogP contribution in [0.2, 0.25) is 0 Å². The molecule has 0 aliphatic carbocycles. The van der Waals surface area contributed by atoms with E-state index in [2.05, 4.69) is 15.5 Å². The fourth-order valence-corrected chi connectivity index (χ4v) is 3.03. The van der Waals surface area contributed by atoms with Gasteiger partial charge in [0.1, 0.15) is 0 Å². The van der Waals surface area contributed by atoms with Gasteiger partial charge in [-0.1, -0.05) is 6.92 Å². The van der Waals surface area contributed by atoms with Gasteiger partial charge in [-0.15, -0.1) is 0 Å². The maximum atomic E-state index is 11.9. The largest absolute Gasteiger partial charge is 0.478 e. The molecule has 1 aliphatic heterocycles. The van der Waals surface area contributed by atoms with E-state index in [1.807, 2.05) is 18.7 Å². The lowest BCUT2D eigenvalue weighted by atomic mass is 10.1. The molecule has 0 unspecified atom stereocenters. The first-order valence-electron chi connectivity index (χ1n) is 9.24. The molecule has 1 heterocycles. The van der Waals surface area contributed by atoms with Gasteiger partial charge in [0.15, 0.2) is 0 Å². The number of carbonyl (C=O) groups excluding carboxylic acids is 2. The van der Waals surface area contributed by atoms with Gasteiger partial charge >= 0.3 is 5.97 Å². The molecular formula is C19H28N4O4. The van der Waals surface area contributed by atoms with E-state index in [1.54, 1.807) is 19.1 Å². The molecule has 1 aliphatic rings. The van der Waals surface area contributed by atoms with Crippen LogP contribution < -0.4 is 15.5 Å². The molecule has 0 saturated carbocycles. The Balaban J connectivity index is 2.03. The molecule has 0 atom stereocenters. The Kier molecular flexibility index (Phi) is 7.18. The monoisotopic (exact) mass is 376 g/mol. The number of hydrogen-bond donors (Lipinski definition) is 3. The maximum absolute atomic E-state index is 11.9. The van der Waals surface area contributed by atoms with E-state index in [-0.39, 0.29) is 23.4 Å². The van der Waals surface area contributed by atoms with Crippen molar-refractivity contribution < 1.29 is 19.5 Å². The fraction of sp³-hybridized carbons (Fsp3) is 0.526. The van der Waals surface area contributed by atoms with E-state index in [9.17, 15) is 19.5 Å². The van der Waals surface area contributed by atoms with Crippen molar-refractivity contribution in [2.45, 2.75) is 33.2 Å². The number of aromatic carboxylic acids is 1. The third kappa shape index (κ3) is 5.96. The van der Waals surface area contributed by atoms with Crippen molar-refractivity contribution in [1.29, 1.82) is 0 Å². The Morgan fingerprint density at radius 2 is 1.78 bits per heavy atom. The van der Waals surface area contributed by atoms with Gasteiger partial charge in [-0.25, -0.2) is 4.79 Å². The third-order valence-corrected chi connectivity index (χ3v) is 4.36. The quantitative estimate of drug-likeness (QED) is 0.665. The Morgan fingerprint density at radius 3 is 2.33 bits per heavy atom. The smallest absolute Gasteiger partial charge is 0.337 e. The minimum absolute atomic E-state index is 0.000642. The maximum Gasteiger partial charge on any atom is 0.337 e. The normalized spacial score (nSPS) is 14.9. The van der Waals surface area contributed by atoms with Gasteiger partial charge in [-0.2, -0.15) is 0 Å². The van der Waals surface area contributed by atoms with Crippen LogP contribution in [0.5, 0.6) is 0 Å². The van der Waals surface area contributed by atoms with Crippen LogP contribution in [0.1, 0.15) is 37.6 Å². The van der Waals surface area contributed by atoms with Crippen molar-refractivity contribution in [3.05, 3.63) is 23.8 Å². The Morgan fingerprint density at radius 1 is 1.11 bits per heavy atom. The minimum atomic E-state index is -1.03. The molecule has 27 heavy (non-hydrogen) atoms. The molecule has 0 spiro atoms. The summed E-state index contributed by atoms with van der Waals surface area (Å²) in [5.74, 6) is -1.19. The predicted octanol–water partition coefficient (Wildman–Crippen LogP) is 1.38. The second-order valence-electron chi connectivity index (χ2n) is 6.92. The lowest BCUT2D eigenvalue weighted by Gasteiger charge is -2.36. The van der Waals surface area contributed by atoms with E-state index >= 15 is 0 Å². The van der Waals surface area contributed by atoms with Gasteiger partial charge in [0.2, 0.25) is 11.8 Å². The van der Waals surface area contributed by atoms with Crippen LogP contribution in [0.4, 0.5) is 11.4 Å². The van der Waals surface area contributed by atoms with Crippen molar-refractivity contribution >= 4 is 29.2 Å². The molecule has 1 aromatic carbocycles. The Labute approximate surface area is 159 Å². The van der Waals surface area contributed by atoms with E-state index < -0.39 is 5.97 Å². The topological polar surface area (TPSA) is 102 Å². The number of carboxylic acids is 1. The second kappa shape index (κ2) is 9.36. The van der Waals surface area contributed by atoms with E-state index in [0.29, 0.717) is 50.5 Å². The average molecular weight is 376 g/mol. The first kappa shape index (κ1) is 20.7. The first-order valence-corrected chi connectivity index (χ1v) is 9.24. The van der Waals surface area contributed by atoms with Crippen molar-refractivity contribution in [1.82, 2.24) is 10.2 Å². The highest BCUT2D eigenvalue weighted by atomic mass is 16.4. The van der Waals surface area contributed by atoms with Gasteiger partial charge in [0.25, 0.3) is 0 Å². The molecule has 2 rings (SSSR count). The molecule has 0 aromatic heterocycles. The summed E-state index contributed by atoms with van der Waals surface area (Å²) in [7, 11) is 0. The summed E-state index contributed by atoms with van der Waals surface area (Å²) in [5, 5.41) is 15.1. The zero-order chi connectivity index (χ0) is 20.0. The molecule has 3 N–H and O–H groups in total. The minimum Gasteiger partial charge on any atom is -0.478 e. The SMILES string of the molecule is CCC(=O)Nc1ccc(N2CCN(CC(=O)NC(C)C)CC2)c(C(=O)O)c1. The number of amides is 2. The van der Waals surface area contributed by atoms with Crippen molar-refractivity contribution in [2.24, 2.45) is 0 Å². The van der Waals surface area contributed by atoms with Crippen LogP contribution in [-0.2, 0) is 9.59 Å². The lowest BCUT2D eigenvalue weighted by Crippen LogP contribution is -2.50. The van der Waals surface area contributed by atoms with Crippen LogP contribution in [0.25, 0.3) is 0 Å². The Bertz CT molecular complexity index is 697. The molecule has 0 radical (unpaired) electrons. The Hall–Kier alpha value is -2.61. The molecule has 1 saturated heterocycles. The van der Waals surface area contributed by atoms with Crippen LogP contribution >= 0.6 is 0 Å². The number of piperazine rings is 1. The summed E-state index contributed by atoms with van der Waals surface area (Å²) in [4.78, 5) is 39.2. The summed E-state index contributed by atoms with van der Waals surface area (Å²) >= 11 is 0. The average Bonchev–Trinajstić information content (AvgIpc) is 2.61. The molecule has 2 amide bonds. The van der Waals surface area contributed by atoms with Gasteiger partial charge in [0, 0.05) is 44.3 Å². The molecule has 148 valence electrons. The summed E-state index contributed by atoms with van der Waals surface area (Å²) in [6.45, 7) is 8.57. The second-order valence-corrected chi connectivity index (χ2v) is 6.92. The zero-order valence-electron chi connectivity index (χ0n) is 16.1. The fourth-order valence-electron chi connectivity index (χ4n) is 3.03.